The number of hydrogen-bond acceptors (Lipinski definition) is 5. The second kappa shape index (κ2) is 6.20. The van der Waals surface area contributed by atoms with Gasteiger partial charge in [-0.3, -0.25) is 9.36 Å². The van der Waals surface area contributed by atoms with Crippen LogP contribution < -0.4 is 5.56 Å². The van der Waals surface area contributed by atoms with Gasteiger partial charge in [-0.2, -0.15) is 0 Å². The smallest absolute Gasteiger partial charge is 0.263 e. The van der Waals surface area contributed by atoms with E-state index in [9.17, 15) is 4.79 Å². The molecule has 3 heterocycles. The van der Waals surface area contributed by atoms with Gasteiger partial charge in [0.1, 0.15) is 4.83 Å². The summed E-state index contributed by atoms with van der Waals surface area (Å²) in [6, 6.07) is 0. The van der Waals surface area contributed by atoms with E-state index in [-0.39, 0.29) is 5.56 Å². The van der Waals surface area contributed by atoms with E-state index in [4.69, 9.17) is 11.6 Å². The number of hydrogen-bond donors (Lipinski definition) is 0. The predicted molar refractivity (Wildman–Crippen MR) is 101 cm³/mol. The van der Waals surface area contributed by atoms with Crippen LogP contribution in [-0.2, 0) is 19.9 Å². The van der Waals surface area contributed by atoms with Gasteiger partial charge in [-0.05, 0) is 38.2 Å². The molecular weight excluding hydrogens is 364 g/mol. The van der Waals surface area contributed by atoms with E-state index in [0.717, 1.165) is 45.4 Å². The highest BCUT2D eigenvalue weighted by atomic mass is 35.5. The SMILES string of the molecule is C/C(Cl)=C\CSc1nnc2n(C)c(=O)c3c4c(sc3n12)CCCC4. The molecule has 3 aromatic heterocycles. The van der Waals surface area contributed by atoms with Gasteiger partial charge in [0.2, 0.25) is 5.78 Å². The second-order valence-corrected chi connectivity index (χ2v) is 8.64. The van der Waals surface area contributed by atoms with Crippen LogP contribution in [0.5, 0.6) is 0 Å². The average molecular weight is 381 g/mol. The molecule has 5 nitrogen and oxygen atoms in total. The molecule has 0 saturated heterocycles. The second-order valence-electron chi connectivity index (χ2n) is 5.98. The van der Waals surface area contributed by atoms with E-state index in [1.807, 2.05) is 17.4 Å². The normalized spacial score (nSPS) is 15.4. The van der Waals surface area contributed by atoms with E-state index < -0.39 is 0 Å². The fraction of sp³-hybridized carbons (Fsp3) is 0.438. The van der Waals surface area contributed by atoms with Gasteiger partial charge < -0.3 is 0 Å². The molecule has 0 unspecified atom stereocenters. The first-order valence-electron chi connectivity index (χ1n) is 7.91. The molecule has 0 atom stereocenters. The third-order valence-corrected chi connectivity index (χ3v) is 6.65. The van der Waals surface area contributed by atoms with E-state index in [2.05, 4.69) is 10.2 Å². The van der Waals surface area contributed by atoms with Crippen molar-refractivity contribution in [1.82, 2.24) is 19.2 Å². The van der Waals surface area contributed by atoms with Crippen LogP contribution in [0.4, 0.5) is 0 Å². The minimum absolute atomic E-state index is 0.0392. The predicted octanol–water partition coefficient (Wildman–Crippen LogP) is 3.76. The van der Waals surface area contributed by atoms with Crippen LogP contribution in [0, 0.1) is 0 Å². The summed E-state index contributed by atoms with van der Waals surface area (Å²) in [7, 11) is 1.77. The van der Waals surface area contributed by atoms with Crippen molar-refractivity contribution >= 4 is 50.7 Å². The van der Waals surface area contributed by atoms with Crippen molar-refractivity contribution in [1.29, 1.82) is 0 Å². The quantitative estimate of drug-likeness (QED) is 0.649. The van der Waals surface area contributed by atoms with Gasteiger partial charge in [-0.1, -0.05) is 29.4 Å². The summed E-state index contributed by atoms with van der Waals surface area (Å²) >= 11 is 9.21. The molecule has 0 saturated carbocycles. The molecule has 0 spiro atoms. The molecular formula is C16H17ClN4OS2. The van der Waals surface area contributed by atoms with Crippen LogP contribution in [0.15, 0.2) is 21.1 Å². The van der Waals surface area contributed by atoms with Crippen molar-refractivity contribution in [3.8, 4) is 0 Å². The van der Waals surface area contributed by atoms with Gasteiger partial charge >= 0.3 is 0 Å². The zero-order chi connectivity index (χ0) is 16.8. The summed E-state index contributed by atoms with van der Waals surface area (Å²) in [5.74, 6) is 1.33. The molecule has 1 aliphatic rings. The molecule has 1 aliphatic carbocycles. The van der Waals surface area contributed by atoms with Crippen molar-refractivity contribution in [3.63, 3.8) is 0 Å². The van der Waals surface area contributed by atoms with Crippen LogP contribution in [0.1, 0.15) is 30.2 Å². The Hall–Kier alpha value is -1.31. The van der Waals surface area contributed by atoms with Crippen molar-refractivity contribution in [3.05, 3.63) is 31.9 Å². The summed E-state index contributed by atoms with van der Waals surface area (Å²) in [6.45, 7) is 1.86. The van der Waals surface area contributed by atoms with Crippen LogP contribution in [-0.4, -0.2) is 24.9 Å². The Balaban J connectivity index is 1.98. The zero-order valence-electron chi connectivity index (χ0n) is 13.5. The summed E-state index contributed by atoms with van der Waals surface area (Å²) in [5.41, 5.74) is 1.28. The Morgan fingerprint density at radius 1 is 1.38 bits per heavy atom. The topological polar surface area (TPSA) is 52.2 Å². The number of aryl methyl sites for hydroxylation is 3. The van der Waals surface area contributed by atoms with Crippen molar-refractivity contribution in [2.45, 2.75) is 37.8 Å². The minimum Gasteiger partial charge on any atom is -0.279 e. The van der Waals surface area contributed by atoms with Gasteiger partial charge in [0.05, 0.1) is 5.39 Å². The van der Waals surface area contributed by atoms with Gasteiger partial charge in [0, 0.05) is 22.7 Å². The van der Waals surface area contributed by atoms with Gasteiger partial charge in [-0.25, -0.2) is 4.40 Å². The van der Waals surface area contributed by atoms with Crippen LogP contribution in [0.3, 0.4) is 0 Å². The maximum Gasteiger partial charge on any atom is 0.263 e. The molecule has 8 heteroatoms. The highest BCUT2D eigenvalue weighted by molar-refractivity contribution is 7.99. The maximum absolute atomic E-state index is 12.8. The molecule has 0 fully saturated rings. The Morgan fingerprint density at radius 3 is 2.96 bits per heavy atom. The molecule has 24 heavy (non-hydrogen) atoms. The van der Waals surface area contributed by atoms with E-state index >= 15 is 0 Å². The molecule has 0 aliphatic heterocycles. The molecule has 0 amide bonds. The fourth-order valence-electron chi connectivity index (χ4n) is 3.17. The highest BCUT2D eigenvalue weighted by Crippen LogP contribution is 2.36. The summed E-state index contributed by atoms with van der Waals surface area (Å²) < 4.78 is 3.64. The molecule has 0 radical (unpaired) electrons. The summed E-state index contributed by atoms with van der Waals surface area (Å²) in [5, 5.41) is 11.0. The molecule has 0 aromatic carbocycles. The van der Waals surface area contributed by atoms with Crippen LogP contribution in [0.25, 0.3) is 16.0 Å². The third-order valence-electron chi connectivity index (χ3n) is 4.37. The number of allylic oxidation sites excluding steroid dienone is 1. The molecule has 4 rings (SSSR count). The molecule has 3 aromatic rings. The molecule has 126 valence electrons. The fourth-order valence-corrected chi connectivity index (χ4v) is 5.66. The van der Waals surface area contributed by atoms with Crippen molar-refractivity contribution in [2.24, 2.45) is 7.05 Å². The minimum atomic E-state index is 0.0392. The molecule has 0 N–H and O–H groups in total. The summed E-state index contributed by atoms with van der Waals surface area (Å²) in [6.07, 6.45) is 6.37. The lowest BCUT2D eigenvalue weighted by atomic mass is 9.97. The number of thioether (sulfide) groups is 1. The molecule has 0 bridgehead atoms. The summed E-state index contributed by atoms with van der Waals surface area (Å²) in [4.78, 5) is 15.2. The van der Waals surface area contributed by atoms with E-state index in [1.165, 1.54) is 16.9 Å². The van der Waals surface area contributed by atoms with Gasteiger partial charge in [0.15, 0.2) is 5.16 Å². The van der Waals surface area contributed by atoms with Gasteiger partial charge in [-0.15, -0.1) is 21.5 Å². The Kier molecular flexibility index (Phi) is 4.18. The van der Waals surface area contributed by atoms with E-state index in [0.29, 0.717) is 5.78 Å². The standard InChI is InChI=1S/C16H17ClN4OS2/c1-9(17)7-8-23-16-19-18-15-20(2)13(22)12-10-5-3-4-6-11(10)24-14(12)21(15)16/h7H,3-6,8H2,1-2H3/b9-7+. The average Bonchev–Trinajstić information content (AvgIpc) is 3.13. The largest absolute Gasteiger partial charge is 0.279 e. The number of fused-ring (bicyclic) bond motifs is 5. The van der Waals surface area contributed by atoms with Crippen molar-refractivity contribution in [2.75, 3.05) is 5.75 Å². The first kappa shape index (κ1) is 16.2. The Morgan fingerprint density at radius 2 is 2.17 bits per heavy atom. The Labute approximate surface area is 152 Å². The number of rotatable bonds is 3. The van der Waals surface area contributed by atoms with Crippen molar-refractivity contribution < 1.29 is 0 Å². The van der Waals surface area contributed by atoms with Gasteiger partial charge in [0.25, 0.3) is 5.56 Å². The lowest BCUT2D eigenvalue weighted by molar-refractivity contribution is 0.699. The number of halogens is 1. The first-order chi connectivity index (χ1) is 11.6. The number of thiophene rings is 1. The monoisotopic (exact) mass is 380 g/mol. The Bertz CT molecular complexity index is 1030. The van der Waals surface area contributed by atoms with Crippen LogP contribution >= 0.6 is 34.7 Å². The highest BCUT2D eigenvalue weighted by Gasteiger charge is 2.23. The van der Waals surface area contributed by atoms with E-state index in [1.54, 1.807) is 34.7 Å². The zero-order valence-corrected chi connectivity index (χ0v) is 15.9. The number of nitrogens with zero attached hydrogens (tertiary/aromatic N) is 4. The lowest BCUT2D eigenvalue weighted by Gasteiger charge is -2.10. The first-order valence-corrected chi connectivity index (χ1v) is 10.1. The maximum atomic E-state index is 12.8. The van der Waals surface area contributed by atoms with Crippen LogP contribution in [0.2, 0.25) is 0 Å². The third kappa shape index (κ3) is 2.50. The number of aromatic nitrogens is 4. The lowest BCUT2D eigenvalue weighted by Crippen LogP contribution is -2.20.